The maximum atomic E-state index is 10.6. The van der Waals surface area contributed by atoms with Crippen molar-refractivity contribution in [1.29, 1.82) is 0 Å². The largest absolute Gasteiger partial charge is 0.239 e. The monoisotopic (exact) mass is 134 g/mol. The van der Waals surface area contributed by atoms with E-state index >= 15 is 0 Å². The van der Waals surface area contributed by atoms with Crippen LogP contribution in [0.4, 0.5) is 0 Å². The molecule has 0 aromatic carbocycles. The molecule has 1 aliphatic heterocycles. The van der Waals surface area contributed by atoms with Crippen molar-refractivity contribution in [2.45, 2.75) is 5.25 Å². The van der Waals surface area contributed by atoms with Gasteiger partial charge in [0.25, 0.3) is 0 Å². The number of hydrogen-bond acceptors (Lipinski definition) is 2. The second-order valence-corrected chi connectivity index (χ2v) is 4.37. The second kappa shape index (κ2) is 1.70. The van der Waals surface area contributed by atoms with E-state index in [2.05, 4.69) is 5.32 Å². The maximum Gasteiger partial charge on any atom is 0.152 e. The van der Waals surface area contributed by atoms with Crippen molar-refractivity contribution >= 4 is 9.84 Å². The molecule has 0 N–H and O–H groups in total. The highest BCUT2D eigenvalue weighted by molar-refractivity contribution is 7.91. The summed E-state index contributed by atoms with van der Waals surface area (Å²) in [5, 5.41) is 3.62. The van der Waals surface area contributed by atoms with Crippen LogP contribution in [0.3, 0.4) is 0 Å². The van der Waals surface area contributed by atoms with E-state index in [0.717, 1.165) is 0 Å². The Morgan fingerprint density at radius 2 is 2.00 bits per heavy atom. The van der Waals surface area contributed by atoms with Gasteiger partial charge in [0, 0.05) is 19.3 Å². The molecule has 4 heteroatoms. The normalized spacial score (nSPS) is 22.6. The lowest BCUT2D eigenvalue weighted by Gasteiger charge is -2.22. The van der Waals surface area contributed by atoms with Crippen molar-refractivity contribution in [1.82, 2.24) is 5.32 Å². The Balaban J connectivity index is 2.60. The molecule has 47 valence electrons. The number of sulfone groups is 1. The summed E-state index contributed by atoms with van der Waals surface area (Å²) in [4.78, 5) is 0. The van der Waals surface area contributed by atoms with E-state index in [1.54, 1.807) is 0 Å². The lowest BCUT2D eigenvalue weighted by Crippen LogP contribution is -2.46. The van der Waals surface area contributed by atoms with Crippen LogP contribution in [0.15, 0.2) is 0 Å². The average molecular weight is 134 g/mol. The lowest BCUT2D eigenvalue weighted by atomic mass is 10.3. The molecule has 1 rings (SSSR count). The molecule has 0 aromatic heterocycles. The molecule has 1 fully saturated rings. The van der Waals surface area contributed by atoms with Crippen LogP contribution < -0.4 is 5.32 Å². The Bertz CT molecular complexity index is 168. The van der Waals surface area contributed by atoms with Gasteiger partial charge in [-0.25, -0.2) is 13.7 Å². The fourth-order valence-electron chi connectivity index (χ4n) is 0.505. The summed E-state index contributed by atoms with van der Waals surface area (Å²) in [5.41, 5.74) is 0. The van der Waals surface area contributed by atoms with E-state index in [4.69, 9.17) is 0 Å². The minimum absolute atomic E-state index is 0.164. The van der Waals surface area contributed by atoms with E-state index in [0.29, 0.717) is 13.1 Å². The molecule has 3 nitrogen and oxygen atoms in total. The minimum Gasteiger partial charge on any atom is -0.239 e. The molecule has 8 heavy (non-hydrogen) atoms. The molecule has 0 spiro atoms. The third-order valence-electron chi connectivity index (χ3n) is 1.27. The summed E-state index contributed by atoms with van der Waals surface area (Å²) in [6, 6.07) is 0. The van der Waals surface area contributed by atoms with E-state index in [9.17, 15) is 8.42 Å². The molecular weight excluding hydrogens is 126 g/mol. The van der Waals surface area contributed by atoms with Crippen LogP contribution in [-0.4, -0.2) is 33.0 Å². The van der Waals surface area contributed by atoms with Crippen LogP contribution in [0.2, 0.25) is 0 Å². The molecule has 0 aromatic rings. The zero-order valence-corrected chi connectivity index (χ0v) is 5.48. The molecule has 0 amide bonds. The molecule has 1 heterocycles. The molecule has 0 unspecified atom stereocenters. The van der Waals surface area contributed by atoms with Gasteiger partial charge in [-0.2, -0.15) is 0 Å². The Hall–Kier alpha value is -0.0900. The van der Waals surface area contributed by atoms with Crippen molar-refractivity contribution < 1.29 is 8.42 Å². The van der Waals surface area contributed by atoms with E-state index in [1.165, 1.54) is 6.26 Å². The topological polar surface area (TPSA) is 48.2 Å². The van der Waals surface area contributed by atoms with Gasteiger partial charge in [0.2, 0.25) is 0 Å². The van der Waals surface area contributed by atoms with Crippen molar-refractivity contribution in [2.24, 2.45) is 0 Å². The van der Waals surface area contributed by atoms with Gasteiger partial charge < -0.3 is 0 Å². The van der Waals surface area contributed by atoms with E-state index in [1.807, 2.05) is 0 Å². The Morgan fingerprint density at radius 3 is 2.00 bits per heavy atom. The summed E-state index contributed by atoms with van der Waals surface area (Å²) < 4.78 is 21.1. The first-order valence-corrected chi connectivity index (χ1v) is 4.38. The molecule has 0 saturated carbocycles. The molecule has 0 atom stereocenters. The summed E-state index contributed by atoms with van der Waals surface area (Å²) in [6.45, 7) is 1.03. The number of hydrogen-bond donors (Lipinski definition) is 0. The van der Waals surface area contributed by atoms with Gasteiger partial charge in [0.05, 0.1) is 5.25 Å². The van der Waals surface area contributed by atoms with E-state index in [-0.39, 0.29) is 5.25 Å². The highest BCUT2D eigenvalue weighted by Gasteiger charge is 2.27. The predicted molar refractivity (Wildman–Crippen MR) is 30.5 cm³/mol. The van der Waals surface area contributed by atoms with Gasteiger partial charge in [-0.3, -0.25) is 0 Å². The number of nitrogens with zero attached hydrogens (tertiary/aromatic N) is 1. The molecule has 0 aliphatic carbocycles. The Kier molecular flexibility index (Phi) is 1.28. The molecule has 0 bridgehead atoms. The fraction of sp³-hybridized carbons (Fsp3) is 1.00. The van der Waals surface area contributed by atoms with Gasteiger partial charge in [0.1, 0.15) is 0 Å². The standard InChI is InChI=1S/C4H8NO2S/c1-8(6,7)4-2-5-3-4/h4H,2-3H2,1H3. The summed E-state index contributed by atoms with van der Waals surface area (Å²) in [7, 11) is -2.76. The van der Waals surface area contributed by atoms with Crippen LogP contribution in [0.1, 0.15) is 0 Å². The van der Waals surface area contributed by atoms with Crippen molar-refractivity contribution in [3.63, 3.8) is 0 Å². The van der Waals surface area contributed by atoms with Crippen LogP contribution in [-0.2, 0) is 9.84 Å². The van der Waals surface area contributed by atoms with Crippen LogP contribution >= 0.6 is 0 Å². The smallest absolute Gasteiger partial charge is 0.152 e. The van der Waals surface area contributed by atoms with Gasteiger partial charge >= 0.3 is 0 Å². The highest BCUT2D eigenvalue weighted by Crippen LogP contribution is 2.04. The second-order valence-electron chi connectivity index (χ2n) is 2.04. The first-order valence-electron chi connectivity index (χ1n) is 2.43. The quantitative estimate of drug-likeness (QED) is 0.462. The highest BCUT2D eigenvalue weighted by atomic mass is 32.2. The fourth-order valence-corrected chi connectivity index (χ4v) is 1.26. The summed E-state index contributed by atoms with van der Waals surface area (Å²) >= 11 is 0. The molecular formula is C4H8NO2S. The van der Waals surface area contributed by atoms with E-state index < -0.39 is 9.84 Å². The molecule has 1 saturated heterocycles. The Morgan fingerprint density at radius 1 is 1.50 bits per heavy atom. The zero-order chi connectivity index (χ0) is 6.20. The SMILES string of the molecule is CS(=O)(=O)C1C[N]C1. The van der Waals surface area contributed by atoms with Crippen molar-refractivity contribution in [2.75, 3.05) is 19.3 Å². The third kappa shape index (κ3) is 1.00. The summed E-state index contributed by atoms with van der Waals surface area (Å²) in [6.07, 6.45) is 1.26. The van der Waals surface area contributed by atoms with Crippen molar-refractivity contribution in [3.8, 4) is 0 Å². The van der Waals surface area contributed by atoms with Crippen LogP contribution in [0.5, 0.6) is 0 Å². The van der Waals surface area contributed by atoms with Gasteiger partial charge in [-0.05, 0) is 0 Å². The third-order valence-corrected chi connectivity index (χ3v) is 2.78. The molecule has 1 radical (unpaired) electrons. The van der Waals surface area contributed by atoms with Gasteiger partial charge in [0.15, 0.2) is 9.84 Å². The maximum absolute atomic E-state index is 10.6. The Labute approximate surface area is 49.0 Å². The van der Waals surface area contributed by atoms with Crippen LogP contribution in [0, 0.1) is 0 Å². The summed E-state index contributed by atoms with van der Waals surface area (Å²) in [5.74, 6) is 0. The first kappa shape index (κ1) is 6.04. The number of rotatable bonds is 1. The van der Waals surface area contributed by atoms with Gasteiger partial charge in [-0.15, -0.1) is 0 Å². The lowest BCUT2D eigenvalue weighted by molar-refractivity contribution is 0.490. The van der Waals surface area contributed by atoms with Crippen molar-refractivity contribution in [3.05, 3.63) is 0 Å². The minimum atomic E-state index is -2.76. The first-order chi connectivity index (χ1) is 3.61. The van der Waals surface area contributed by atoms with Gasteiger partial charge in [-0.1, -0.05) is 0 Å². The zero-order valence-electron chi connectivity index (χ0n) is 4.66. The molecule has 1 aliphatic rings. The predicted octanol–water partition coefficient (Wildman–Crippen LogP) is -0.982. The van der Waals surface area contributed by atoms with Crippen LogP contribution in [0.25, 0.3) is 0 Å². The average Bonchev–Trinajstić information content (AvgIpc) is 1.16.